The van der Waals surface area contributed by atoms with E-state index in [2.05, 4.69) is 11.9 Å². The van der Waals surface area contributed by atoms with Gasteiger partial charge in [-0.3, -0.25) is 4.90 Å². The fourth-order valence-corrected chi connectivity index (χ4v) is 5.95. The molecule has 3 fully saturated rings. The van der Waals surface area contributed by atoms with E-state index in [1.165, 1.54) is 17.8 Å². The number of hydrogen-bond donors (Lipinski definition) is 1. The molecule has 3 aliphatic rings. The standard InChI is InChI=1S/C19H27NO3S.ClH/c1-20-14-8-10-15(20)16(11-9-14)23-18(21)19(22,13-5-2-3-6-13)17-7-4-12-24-17;/h4,7,12-16,22H,2-3,5-6,8-11H2,1H3;1H/t14-,15+,16-,19+;/m1./s1. The van der Waals surface area contributed by atoms with Crippen molar-refractivity contribution >= 4 is 29.7 Å². The van der Waals surface area contributed by atoms with Gasteiger partial charge in [0.15, 0.2) is 5.60 Å². The summed E-state index contributed by atoms with van der Waals surface area (Å²) in [6, 6.07) is 4.76. The highest BCUT2D eigenvalue weighted by Gasteiger charge is 2.51. The first-order chi connectivity index (χ1) is 11.6. The molecule has 2 saturated heterocycles. The zero-order chi connectivity index (χ0) is 16.7. The van der Waals surface area contributed by atoms with Crippen LogP contribution in [0.4, 0.5) is 0 Å². The lowest BCUT2D eigenvalue weighted by Gasteiger charge is -2.39. The van der Waals surface area contributed by atoms with Gasteiger partial charge in [0.05, 0.1) is 0 Å². The fourth-order valence-electron chi connectivity index (χ4n) is 5.06. The minimum Gasteiger partial charge on any atom is -0.458 e. The number of hydrogen-bond acceptors (Lipinski definition) is 5. The predicted octanol–water partition coefficient (Wildman–Crippen LogP) is 3.72. The van der Waals surface area contributed by atoms with Crippen LogP contribution in [0, 0.1) is 5.92 Å². The van der Waals surface area contributed by atoms with Crippen LogP contribution in [-0.4, -0.2) is 41.2 Å². The molecule has 1 N–H and O–H groups in total. The molecule has 0 amide bonds. The van der Waals surface area contributed by atoms with Crippen LogP contribution < -0.4 is 0 Å². The first-order valence-electron chi connectivity index (χ1n) is 9.30. The highest BCUT2D eigenvalue weighted by molar-refractivity contribution is 7.10. The van der Waals surface area contributed by atoms with Crippen molar-refractivity contribution in [3.8, 4) is 0 Å². The highest BCUT2D eigenvalue weighted by Crippen LogP contribution is 2.44. The molecule has 1 saturated carbocycles. The molecule has 2 aliphatic heterocycles. The Morgan fingerprint density at radius 1 is 1.24 bits per heavy atom. The maximum absolute atomic E-state index is 13.1. The van der Waals surface area contributed by atoms with Crippen molar-refractivity contribution in [3.63, 3.8) is 0 Å². The summed E-state index contributed by atoms with van der Waals surface area (Å²) >= 11 is 1.46. The maximum Gasteiger partial charge on any atom is 0.344 e. The molecule has 1 aliphatic carbocycles. The Morgan fingerprint density at radius 2 is 1.96 bits per heavy atom. The van der Waals surface area contributed by atoms with E-state index in [-0.39, 0.29) is 24.4 Å². The van der Waals surface area contributed by atoms with Gasteiger partial charge >= 0.3 is 5.97 Å². The van der Waals surface area contributed by atoms with E-state index >= 15 is 0 Å². The van der Waals surface area contributed by atoms with Crippen LogP contribution in [-0.2, 0) is 15.1 Å². The van der Waals surface area contributed by atoms with E-state index in [1.807, 2.05) is 17.5 Å². The van der Waals surface area contributed by atoms with Gasteiger partial charge in [-0.05, 0) is 57.0 Å². The molecular weight excluding hydrogens is 358 g/mol. The number of nitrogens with zero attached hydrogens (tertiary/aromatic N) is 1. The summed E-state index contributed by atoms with van der Waals surface area (Å²) in [5.41, 5.74) is -1.46. The second kappa shape index (κ2) is 7.55. The van der Waals surface area contributed by atoms with Gasteiger partial charge in [0.1, 0.15) is 6.10 Å². The third-order valence-corrected chi connectivity index (χ3v) is 7.52. The first-order valence-corrected chi connectivity index (χ1v) is 10.2. The van der Waals surface area contributed by atoms with Gasteiger partial charge in [-0.2, -0.15) is 0 Å². The molecule has 2 bridgehead atoms. The third kappa shape index (κ3) is 3.25. The summed E-state index contributed by atoms with van der Waals surface area (Å²) < 4.78 is 5.97. The Balaban J connectivity index is 0.00000182. The zero-order valence-corrected chi connectivity index (χ0v) is 16.4. The Kier molecular flexibility index (Phi) is 5.78. The van der Waals surface area contributed by atoms with Crippen molar-refractivity contribution in [2.45, 2.75) is 75.2 Å². The minimum absolute atomic E-state index is 0. The SMILES string of the molecule is CN1[C@H]2CC[C@@H](OC(=O)[C@@](O)(c3cccs3)C3CCCC3)[C@@H]1CC2.Cl. The number of carbonyl (C=O) groups is 1. The Bertz CT molecular complexity index is 589. The van der Waals surface area contributed by atoms with Gasteiger partial charge in [-0.1, -0.05) is 18.9 Å². The Hall–Kier alpha value is -0.620. The van der Waals surface area contributed by atoms with Crippen LogP contribution in [0.25, 0.3) is 0 Å². The Labute approximate surface area is 160 Å². The second-order valence-electron chi connectivity index (χ2n) is 7.71. The summed E-state index contributed by atoms with van der Waals surface area (Å²) in [7, 11) is 2.14. The number of thiophene rings is 1. The molecule has 4 atom stereocenters. The van der Waals surface area contributed by atoms with Crippen molar-refractivity contribution in [3.05, 3.63) is 22.4 Å². The molecule has 6 heteroatoms. The molecule has 0 spiro atoms. The van der Waals surface area contributed by atoms with Crippen LogP contribution in [0.3, 0.4) is 0 Å². The second-order valence-corrected chi connectivity index (χ2v) is 8.66. The monoisotopic (exact) mass is 385 g/mol. The number of likely N-dealkylation sites (N-methyl/N-ethyl adjacent to an activating group) is 1. The van der Waals surface area contributed by atoms with E-state index in [0.29, 0.717) is 12.1 Å². The Morgan fingerprint density at radius 3 is 2.64 bits per heavy atom. The van der Waals surface area contributed by atoms with Gasteiger partial charge in [0.2, 0.25) is 0 Å². The lowest BCUT2D eigenvalue weighted by molar-refractivity contribution is -0.183. The lowest BCUT2D eigenvalue weighted by Crippen LogP contribution is -2.50. The molecule has 0 unspecified atom stereocenters. The van der Waals surface area contributed by atoms with Gasteiger partial charge in [-0.15, -0.1) is 23.7 Å². The topological polar surface area (TPSA) is 49.8 Å². The van der Waals surface area contributed by atoms with E-state index in [9.17, 15) is 9.90 Å². The average Bonchev–Trinajstić information content (AvgIpc) is 3.31. The number of fused-ring (bicyclic) bond motifs is 2. The highest BCUT2D eigenvalue weighted by atomic mass is 35.5. The van der Waals surface area contributed by atoms with Crippen LogP contribution in [0.1, 0.15) is 56.2 Å². The zero-order valence-electron chi connectivity index (χ0n) is 14.7. The third-order valence-electron chi connectivity index (χ3n) is 6.52. The quantitative estimate of drug-likeness (QED) is 0.802. The number of halogens is 1. The van der Waals surface area contributed by atoms with Crippen molar-refractivity contribution < 1.29 is 14.6 Å². The molecule has 4 rings (SSSR count). The van der Waals surface area contributed by atoms with E-state index in [0.717, 1.165) is 49.8 Å². The molecule has 3 heterocycles. The summed E-state index contributed by atoms with van der Waals surface area (Å²) in [4.78, 5) is 16.2. The number of piperidine rings is 1. The molecule has 140 valence electrons. The van der Waals surface area contributed by atoms with Crippen molar-refractivity contribution in [1.29, 1.82) is 0 Å². The largest absolute Gasteiger partial charge is 0.458 e. The molecule has 1 aromatic rings. The van der Waals surface area contributed by atoms with Crippen molar-refractivity contribution in [2.24, 2.45) is 5.92 Å². The fraction of sp³-hybridized carbons (Fsp3) is 0.737. The molecule has 0 radical (unpaired) electrons. The van der Waals surface area contributed by atoms with Gasteiger partial charge in [0.25, 0.3) is 0 Å². The van der Waals surface area contributed by atoms with Crippen LogP contribution in [0.5, 0.6) is 0 Å². The lowest BCUT2D eigenvalue weighted by atomic mass is 9.84. The molecule has 4 nitrogen and oxygen atoms in total. The number of ether oxygens (including phenoxy) is 1. The molecule has 1 aromatic heterocycles. The van der Waals surface area contributed by atoms with Crippen LogP contribution in [0.15, 0.2) is 17.5 Å². The summed E-state index contributed by atoms with van der Waals surface area (Å²) in [6.45, 7) is 0. The number of carbonyl (C=O) groups excluding carboxylic acids is 1. The number of esters is 1. The molecule has 0 aromatic carbocycles. The van der Waals surface area contributed by atoms with Gasteiger partial charge < -0.3 is 9.84 Å². The smallest absolute Gasteiger partial charge is 0.344 e. The first kappa shape index (κ1) is 19.2. The summed E-state index contributed by atoms with van der Waals surface area (Å²) in [5.74, 6) is -0.429. The van der Waals surface area contributed by atoms with Crippen LogP contribution >= 0.6 is 23.7 Å². The van der Waals surface area contributed by atoms with E-state index in [1.54, 1.807) is 0 Å². The van der Waals surface area contributed by atoms with Gasteiger partial charge in [0, 0.05) is 22.9 Å². The maximum atomic E-state index is 13.1. The summed E-state index contributed by atoms with van der Waals surface area (Å²) in [6.07, 6.45) is 8.22. The van der Waals surface area contributed by atoms with Crippen LogP contribution in [0.2, 0.25) is 0 Å². The van der Waals surface area contributed by atoms with Gasteiger partial charge in [-0.25, -0.2) is 4.79 Å². The minimum atomic E-state index is -1.46. The average molecular weight is 386 g/mol. The van der Waals surface area contributed by atoms with E-state index in [4.69, 9.17) is 4.74 Å². The van der Waals surface area contributed by atoms with E-state index < -0.39 is 11.6 Å². The molecular formula is C19H28ClNO3S. The number of rotatable bonds is 4. The predicted molar refractivity (Wildman–Crippen MR) is 101 cm³/mol. The van der Waals surface area contributed by atoms with Crippen molar-refractivity contribution in [1.82, 2.24) is 4.90 Å². The normalized spacial score (nSPS) is 32.2. The summed E-state index contributed by atoms with van der Waals surface area (Å²) in [5, 5.41) is 13.4. The molecule has 25 heavy (non-hydrogen) atoms. The number of aliphatic hydroxyl groups is 1. The van der Waals surface area contributed by atoms with Crippen molar-refractivity contribution in [2.75, 3.05) is 7.05 Å².